The second-order valence-electron chi connectivity index (χ2n) is 7.43. The summed E-state index contributed by atoms with van der Waals surface area (Å²) in [6, 6.07) is 6.47. The third-order valence-electron chi connectivity index (χ3n) is 5.75. The maximum absolute atomic E-state index is 13.2. The fraction of sp³-hybridized carbons (Fsp3) is 0.476. The molecule has 0 N–H and O–H groups in total. The topological polar surface area (TPSA) is 49.3 Å². The lowest BCUT2D eigenvalue weighted by Crippen LogP contribution is -2.47. The highest BCUT2D eigenvalue weighted by Gasteiger charge is 2.31. The fourth-order valence-corrected chi connectivity index (χ4v) is 4.13. The Kier molecular flexibility index (Phi) is 4.91. The van der Waals surface area contributed by atoms with Crippen molar-refractivity contribution < 1.29 is 9.18 Å². The first-order chi connectivity index (χ1) is 13.0. The standard InChI is InChI=1S/C21H25FN4O/c1-3-25-8-10-26(11-9-25)21-23-14(2)20-18(24-21)12-16(13-19(20)27)15-4-6-17(22)7-5-15/h4-7,16H,3,8-13H2,1-2H3. The van der Waals surface area contributed by atoms with Gasteiger partial charge in [0.2, 0.25) is 5.95 Å². The third-order valence-corrected chi connectivity index (χ3v) is 5.75. The van der Waals surface area contributed by atoms with Crippen LogP contribution in [0.15, 0.2) is 24.3 Å². The number of aromatic nitrogens is 2. The quantitative estimate of drug-likeness (QED) is 0.834. The highest BCUT2D eigenvalue weighted by molar-refractivity contribution is 5.99. The number of hydrogen-bond acceptors (Lipinski definition) is 5. The van der Waals surface area contributed by atoms with Crippen LogP contribution in [0.4, 0.5) is 10.3 Å². The van der Waals surface area contributed by atoms with Crippen molar-refractivity contribution in [1.29, 1.82) is 0 Å². The van der Waals surface area contributed by atoms with Crippen molar-refractivity contribution in [2.24, 2.45) is 0 Å². The molecule has 5 nitrogen and oxygen atoms in total. The molecule has 1 saturated heterocycles. The van der Waals surface area contributed by atoms with Crippen molar-refractivity contribution in [2.45, 2.75) is 32.6 Å². The summed E-state index contributed by atoms with van der Waals surface area (Å²) in [5.41, 5.74) is 3.28. The zero-order chi connectivity index (χ0) is 19.0. The van der Waals surface area contributed by atoms with Gasteiger partial charge in [-0.3, -0.25) is 4.79 Å². The molecular formula is C21H25FN4O. The predicted molar refractivity (Wildman–Crippen MR) is 103 cm³/mol. The molecule has 27 heavy (non-hydrogen) atoms. The van der Waals surface area contributed by atoms with Gasteiger partial charge in [-0.1, -0.05) is 19.1 Å². The van der Waals surface area contributed by atoms with Gasteiger partial charge < -0.3 is 9.80 Å². The summed E-state index contributed by atoms with van der Waals surface area (Å²) >= 11 is 0. The summed E-state index contributed by atoms with van der Waals surface area (Å²) in [6.07, 6.45) is 1.12. The van der Waals surface area contributed by atoms with E-state index in [0.29, 0.717) is 18.4 Å². The smallest absolute Gasteiger partial charge is 0.225 e. The van der Waals surface area contributed by atoms with Gasteiger partial charge in [-0.15, -0.1) is 0 Å². The molecule has 2 aromatic rings. The molecule has 1 aromatic carbocycles. The van der Waals surface area contributed by atoms with Crippen molar-refractivity contribution in [2.75, 3.05) is 37.6 Å². The Bertz CT molecular complexity index is 844. The van der Waals surface area contributed by atoms with E-state index in [1.807, 2.05) is 6.92 Å². The molecule has 0 amide bonds. The van der Waals surface area contributed by atoms with Crippen molar-refractivity contribution in [3.8, 4) is 0 Å². The third kappa shape index (κ3) is 3.58. The number of fused-ring (bicyclic) bond motifs is 1. The Hall–Kier alpha value is -2.34. The van der Waals surface area contributed by atoms with Crippen LogP contribution in [0.1, 0.15) is 46.6 Å². The number of likely N-dealkylation sites (N-methyl/N-ethyl adjacent to an activating group) is 1. The molecule has 142 valence electrons. The number of halogens is 1. The molecule has 2 heterocycles. The maximum atomic E-state index is 13.2. The van der Waals surface area contributed by atoms with Crippen molar-refractivity contribution >= 4 is 11.7 Å². The molecule has 1 atom stereocenters. The molecule has 6 heteroatoms. The van der Waals surface area contributed by atoms with Gasteiger partial charge in [-0.05, 0) is 43.5 Å². The minimum Gasteiger partial charge on any atom is -0.338 e. The second kappa shape index (κ2) is 7.35. The van der Waals surface area contributed by atoms with E-state index >= 15 is 0 Å². The highest BCUT2D eigenvalue weighted by Crippen LogP contribution is 2.33. The Morgan fingerprint density at radius 1 is 1.07 bits per heavy atom. The second-order valence-corrected chi connectivity index (χ2v) is 7.43. The minimum absolute atomic E-state index is 0.0460. The van der Waals surface area contributed by atoms with E-state index in [4.69, 9.17) is 4.98 Å². The summed E-state index contributed by atoms with van der Waals surface area (Å²) in [4.78, 5) is 26.8. The highest BCUT2D eigenvalue weighted by atomic mass is 19.1. The van der Waals surface area contributed by atoms with Crippen LogP contribution in [0.2, 0.25) is 0 Å². The largest absolute Gasteiger partial charge is 0.338 e. The van der Waals surface area contributed by atoms with Gasteiger partial charge in [0.1, 0.15) is 5.82 Å². The summed E-state index contributed by atoms with van der Waals surface area (Å²) < 4.78 is 13.2. The molecule has 0 saturated carbocycles. The van der Waals surface area contributed by atoms with Crippen molar-refractivity contribution in [3.63, 3.8) is 0 Å². The average Bonchev–Trinajstić information content (AvgIpc) is 2.68. The summed E-state index contributed by atoms with van der Waals surface area (Å²) in [7, 11) is 0. The van der Waals surface area contributed by atoms with Gasteiger partial charge in [0.25, 0.3) is 0 Å². The minimum atomic E-state index is -0.257. The molecule has 4 rings (SSSR count). The van der Waals surface area contributed by atoms with Crippen LogP contribution >= 0.6 is 0 Å². The molecule has 0 radical (unpaired) electrons. The number of benzene rings is 1. The van der Waals surface area contributed by atoms with Gasteiger partial charge in [-0.25, -0.2) is 14.4 Å². The first-order valence-corrected chi connectivity index (χ1v) is 9.68. The van der Waals surface area contributed by atoms with Crippen LogP contribution in [0.3, 0.4) is 0 Å². The van der Waals surface area contributed by atoms with E-state index in [0.717, 1.165) is 55.6 Å². The monoisotopic (exact) mass is 368 g/mol. The lowest BCUT2D eigenvalue weighted by atomic mass is 9.81. The van der Waals surface area contributed by atoms with Crippen LogP contribution in [0, 0.1) is 12.7 Å². The van der Waals surface area contributed by atoms with E-state index in [2.05, 4.69) is 21.7 Å². The normalized spacial score (nSPS) is 20.6. The summed E-state index contributed by atoms with van der Waals surface area (Å²) in [5.74, 6) is 0.609. The Morgan fingerprint density at radius 2 is 1.78 bits per heavy atom. The number of carbonyl (C=O) groups excluding carboxylic acids is 1. The van der Waals surface area contributed by atoms with Gasteiger partial charge >= 0.3 is 0 Å². The SMILES string of the molecule is CCN1CCN(c2nc(C)c3c(n2)CC(c2ccc(F)cc2)CC3=O)CC1. The molecule has 1 fully saturated rings. The first kappa shape index (κ1) is 18.0. The van der Waals surface area contributed by atoms with E-state index in [1.54, 1.807) is 12.1 Å². The Labute approximate surface area is 159 Å². The zero-order valence-corrected chi connectivity index (χ0v) is 15.9. The summed E-state index contributed by atoms with van der Waals surface area (Å²) in [6.45, 7) is 8.97. The molecule has 0 bridgehead atoms. The number of rotatable bonds is 3. The number of carbonyl (C=O) groups is 1. The number of hydrogen-bond donors (Lipinski definition) is 0. The van der Waals surface area contributed by atoms with Crippen LogP contribution in [-0.2, 0) is 6.42 Å². The Balaban J connectivity index is 1.61. The molecule has 2 aliphatic rings. The average molecular weight is 368 g/mol. The van der Waals surface area contributed by atoms with Gasteiger partial charge in [-0.2, -0.15) is 0 Å². The molecule has 1 aromatic heterocycles. The van der Waals surface area contributed by atoms with E-state index < -0.39 is 0 Å². The zero-order valence-electron chi connectivity index (χ0n) is 15.9. The van der Waals surface area contributed by atoms with Crippen LogP contribution in [0.5, 0.6) is 0 Å². The number of aryl methyl sites for hydroxylation is 1. The van der Waals surface area contributed by atoms with Crippen LogP contribution in [-0.4, -0.2) is 53.4 Å². The Morgan fingerprint density at radius 3 is 2.44 bits per heavy atom. The number of ketones is 1. The van der Waals surface area contributed by atoms with E-state index in [1.165, 1.54) is 12.1 Å². The lowest BCUT2D eigenvalue weighted by molar-refractivity contribution is 0.0962. The number of piperazine rings is 1. The molecule has 0 spiro atoms. The van der Waals surface area contributed by atoms with Crippen LogP contribution in [0.25, 0.3) is 0 Å². The summed E-state index contributed by atoms with van der Waals surface area (Å²) in [5, 5.41) is 0. The number of nitrogens with zero attached hydrogens (tertiary/aromatic N) is 4. The van der Waals surface area contributed by atoms with Gasteiger partial charge in [0, 0.05) is 32.6 Å². The lowest BCUT2D eigenvalue weighted by Gasteiger charge is -2.35. The molecular weight excluding hydrogens is 343 g/mol. The van der Waals surface area contributed by atoms with Gasteiger partial charge in [0.05, 0.1) is 17.0 Å². The van der Waals surface area contributed by atoms with Crippen molar-refractivity contribution in [1.82, 2.24) is 14.9 Å². The predicted octanol–water partition coefficient (Wildman–Crippen LogP) is 2.98. The van der Waals surface area contributed by atoms with Gasteiger partial charge in [0.15, 0.2) is 5.78 Å². The number of anilines is 1. The number of Topliss-reactive ketones (excluding diaryl/α,β-unsaturated/α-hetero) is 1. The molecule has 1 aliphatic carbocycles. The molecule has 1 unspecified atom stereocenters. The molecule has 1 aliphatic heterocycles. The van der Waals surface area contributed by atoms with E-state index in [-0.39, 0.29) is 17.5 Å². The van der Waals surface area contributed by atoms with E-state index in [9.17, 15) is 9.18 Å². The maximum Gasteiger partial charge on any atom is 0.225 e. The van der Waals surface area contributed by atoms with Crippen LogP contribution < -0.4 is 4.90 Å². The van der Waals surface area contributed by atoms with Crippen molar-refractivity contribution in [3.05, 3.63) is 52.6 Å². The fourth-order valence-electron chi connectivity index (χ4n) is 4.13. The first-order valence-electron chi connectivity index (χ1n) is 9.68.